The van der Waals surface area contributed by atoms with Crippen molar-refractivity contribution in [2.24, 2.45) is 21.0 Å². The van der Waals surface area contributed by atoms with Crippen LogP contribution in [0.5, 0.6) is 0 Å². The third kappa shape index (κ3) is 3.10. The van der Waals surface area contributed by atoms with Crippen LogP contribution < -0.4 is 10.6 Å². The number of guanidine groups is 1. The van der Waals surface area contributed by atoms with Gasteiger partial charge in [0.2, 0.25) is 5.91 Å². The molecule has 4 aliphatic heterocycles. The first-order valence-corrected chi connectivity index (χ1v) is 11.8. The van der Waals surface area contributed by atoms with Crippen molar-refractivity contribution in [2.75, 3.05) is 23.7 Å². The minimum absolute atomic E-state index is 0.00357. The van der Waals surface area contributed by atoms with Gasteiger partial charge in [0.15, 0.2) is 6.20 Å². The highest BCUT2D eigenvalue weighted by molar-refractivity contribution is 6.30. The molecule has 1 amide bonds. The summed E-state index contributed by atoms with van der Waals surface area (Å²) in [5.41, 5.74) is 1.53. The van der Waals surface area contributed by atoms with E-state index in [2.05, 4.69) is 20.6 Å². The van der Waals surface area contributed by atoms with Crippen LogP contribution in [-0.4, -0.2) is 57.4 Å². The summed E-state index contributed by atoms with van der Waals surface area (Å²) in [6, 6.07) is 5.86. The fourth-order valence-corrected chi connectivity index (χ4v) is 5.85. The molecule has 1 unspecified atom stereocenters. The number of nitrogens with zero attached hydrogens (tertiary/aromatic N) is 5. The molecule has 1 aromatic rings. The minimum atomic E-state index is -0.550. The number of aliphatic hydroxyl groups is 1. The monoisotopic (exact) mass is 448 g/mol. The Kier molecular flexibility index (Phi) is 4.43. The van der Waals surface area contributed by atoms with E-state index in [0.717, 1.165) is 61.5 Å². The van der Waals surface area contributed by atoms with Crippen LogP contribution in [0.15, 0.2) is 45.7 Å². The largest absolute Gasteiger partial charge is 0.389 e. The maximum atomic E-state index is 12.3. The fraction of sp³-hybridized carbons (Fsp3) is 0.500. The topological polar surface area (TPSA) is 102 Å². The van der Waals surface area contributed by atoms with E-state index in [9.17, 15) is 9.90 Å². The van der Waals surface area contributed by atoms with Gasteiger partial charge in [-0.15, -0.1) is 10.0 Å². The van der Waals surface area contributed by atoms with Crippen LogP contribution in [0.3, 0.4) is 0 Å². The van der Waals surface area contributed by atoms with Gasteiger partial charge in [-0.3, -0.25) is 9.79 Å². The molecule has 0 bridgehead atoms. The molecule has 9 nitrogen and oxygen atoms in total. The maximum absolute atomic E-state index is 12.3. The zero-order valence-electron chi connectivity index (χ0n) is 19.1. The second kappa shape index (κ2) is 7.06. The highest BCUT2D eigenvalue weighted by Crippen LogP contribution is 2.42. The lowest BCUT2D eigenvalue weighted by Crippen LogP contribution is -2.64. The highest BCUT2D eigenvalue weighted by atomic mass is 16.3. The van der Waals surface area contributed by atoms with Crippen LogP contribution in [0.25, 0.3) is 0 Å². The summed E-state index contributed by atoms with van der Waals surface area (Å²) >= 11 is 0. The third-order valence-corrected chi connectivity index (χ3v) is 7.96. The van der Waals surface area contributed by atoms with Gasteiger partial charge in [0, 0.05) is 17.3 Å². The Labute approximate surface area is 193 Å². The molecule has 2 fully saturated rings. The average molecular weight is 449 g/mol. The minimum Gasteiger partial charge on any atom is -0.389 e. The van der Waals surface area contributed by atoms with Gasteiger partial charge in [0.25, 0.3) is 5.96 Å². The molecule has 5 aliphatic rings. The van der Waals surface area contributed by atoms with Gasteiger partial charge in [0.1, 0.15) is 6.21 Å². The van der Waals surface area contributed by atoms with E-state index in [1.54, 1.807) is 12.4 Å². The summed E-state index contributed by atoms with van der Waals surface area (Å²) in [6.07, 6.45) is 10.4. The molecule has 0 aromatic heterocycles. The van der Waals surface area contributed by atoms with Crippen molar-refractivity contribution in [3.05, 3.63) is 36.2 Å². The summed E-state index contributed by atoms with van der Waals surface area (Å²) in [7, 11) is 0. The molecule has 6 rings (SSSR count). The number of anilines is 2. The molecular weight excluding hydrogens is 418 g/mol. The summed E-state index contributed by atoms with van der Waals surface area (Å²) in [5.74, 6) is 1.48. The van der Waals surface area contributed by atoms with Gasteiger partial charge in [0.05, 0.1) is 30.3 Å². The van der Waals surface area contributed by atoms with Crippen molar-refractivity contribution in [3.8, 4) is 0 Å². The number of amidine groups is 1. The number of amides is 1. The number of piperidine rings is 1. The predicted octanol–water partition coefficient (Wildman–Crippen LogP) is 2.93. The van der Waals surface area contributed by atoms with Crippen molar-refractivity contribution in [1.29, 1.82) is 0 Å². The third-order valence-electron chi connectivity index (χ3n) is 7.96. The van der Waals surface area contributed by atoms with Gasteiger partial charge in [-0.1, -0.05) is 18.9 Å². The predicted molar refractivity (Wildman–Crippen MR) is 128 cm³/mol. The van der Waals surface area contributed by atoms with Crippen molar-refractivity contribution < 1.29 is 14.6 Å². The van der Waals surface area contributed by atoms with E-state index in [1.165, 1.54) is 6.42 Å². The summed E-state index contributed by atoms with van der Waals surface area (Å²) in [5, 5.41) is 24.7. The Morgan fingerprint density at radius 3 is 3.03 bits per heavy atom. The Hall–Kier alpha value is -2.88. The smallest absolute Gasteiger partial charge is 0.301 e. The van der Waals surface area contributed by atoms with Gasteiger partial charge in [-0.2, -0.15) is 0 Å². The molecule has 33 heavy (non-hydrogen) atoms. The molecule has 0 radical (unpaired) electrons. The van der Waals surface area contributed by atoms with Gasteiger partial charge in [-0.25, -0.2) is 0 Å². The van der Waals surface area contributed by atoms with E-state index in [-0.39, 0.29) is 16.5 Å². The van der Waals surface area contributed by atoms with Crippen LogP contribution in [0.4, 0.5) is 11.4 Å². The first kappa shape index (κ1) is 20.7. The number of hydrogen-bond acceptors (Lipinski definition) is 7. The maximum Gasteiger partial charge on any atom is 0.301 e. The fourth-order valence-electron chi connectivity index (χ4n) is 5.85. The number of hydrogen-bond donors (Lipinski definition) is 3. The Morgan fingerprint density at radius 1 is 1.27 bits per heavy atom. The lowest BCUT2D eigenvalue weighted by Gasteiger charge is -2.49. The van der Waals surface area contributed by atoms with Crippen LogP contribution >= 0.6 is 0 Å². The van der Waals surface area contributed by atoms with E-state index < -0.39 is 11.0 Å². The normalized spacial score (nSPS) is 34.2. The number of rotatable bonds is 2. The second-order valence-electron chi connectivity index (χ2n) is 10.3. The molecule has 9 heteroatoms. The lowest BCUT2D eigenvalue weighted by atomic mass is 9.71. The second-order valence-corrected chi connectivity index (χ2v) is 10.3. The van der Waals surface area contributed by atoms with Crippen LogP contribution in [0.2, 0.25) is 0 Å². The van der Waals surface area contributed by atoms with Crippen molar-refractivity contribution >= 4 is 35.3 Å². The number of carbonyl (C=O) groups excluding carboxylic acids is 1. The average Bonchev–Trinajstić information content (AvgIpc) is 3.27. The Balaban J connectivity index is 1.28. The molecule has 1 saturated heterocycles. The lowest BCUT2D eigenvalue weighted by molar-refractivity contribution is -0.920. The van der Waals surface area contributed by atoms with Gasteiger partial charge in [-0.05, 0) is 60.6 Å². The van der Waals surface area contributed by atoms with E-state index in [1.807, 2.05) is 38.2 Å². The van der Waals surface area contributed by atoms with Crippen LogP contribution in [-0.2, 0) is 10.2 Å². The highest BCUT2D eigenvalue weighted by Gasteiger charge is 2.53. The Bertz CT molecular complexity index is 1150. The number of quaternary nitrogens is 1. The first-order valence-electron chi connectivity index (χ1n) is 11.8. The van der Waals surface area contributed by atoms with Crippen LogP contribution in [0.1, 0.15) is 51.5 Å². The number of benzene rings is 1. The zero-order chi connectivity index (χ0) is 22.8. The van der Waals surface area contributed by atoms with E-state index in [0.29, 0.717) is 5.96 Å². The molecule has 0 spiro atoms. The van der Waals surface area contributed by atoms with Gasteiger partial charge >= 0.3 is 5.84 Å². The molecule has 172 valence electrons. The number of carbonyl (C=O) groups is 1. The SMILES string of the molecule is CC1(C)C(=O)Nc2cc(NC3=N[N+]4(N5CC[C@@]6(O)CCCC[C@H]6C5)C=CN=CC4=N3)ccc21. The quantitative estimate of drug-likeness (QED) is 0.606. The molecule has 1 aliphatic carbocycles. The zero-order valence-corrected chi connectivity index (χ0v) is 19.1. The van der Waals surface area contributed by atoms with Gasteiger partial charge < -0.3 is 15.7 Å². The molecule has 1 saturated carbocycles. The number of aliphatic imine (C=N–C) groups is 2. The standard InChI is InChI=1S/C24H29N7O2/c1-23(2)18-7-6-17(13-19(18)27-21(23)32)26-22-28-20-14-25-10-12-31(20,29-22)30-11-9-24(33)8-4-3-5-16(24)15-30/h6-7,10,12-14,16,33H,3-5,8-9,11,15H2,1-2H3,(H-,26,27,29,32)/p+1/t16-,24-,31?/m0/s1. The molecule has 4 heterocycles. The Morgan fingerprint density at radius 2 is 2.15 bits per heavy atom. The van der Waals surface area contributed by atoms with Crippen molar-refractivity contribution in [3.63, 3.8) is 0 Å². The summed E-state index contributed by atoms with van der Waals surface area (Å²) < 4.78 is 0.146. The van der Waals surface area contributed by atoms with Crippen molar-refractivity contribution in [1.82, 2.24) is 5.01 Å². The van der Waals surface area contributed by atoms with E-state index >= 15 is 0 Å². The first-order chi connectivity index (χ1) is 15.8. The summed E-state index contributed by atoms with van der Waals surface area (Å²) in [4.78, 5) is 21.3. The molecular formula is C24H30N7O2+. The number of nitrogens with one attached hydrogen (secondary N) is 2. The van der Waals surface area contributed by atoms with Crippen molar-refractivity contribution in [2.45, 2.75) is 57.0 Å². The number of fused-ring (bicyclic) bond motifs is 3. The van der Waals surface area contributed by atoms with Crippen LogP contribution in [0, 0.1) is 5.92 Å². The summed E-state index contributed by atoms with van der Waals surface area (Å²) in [6.45, 7) is 5.36. The molecule has 3 atom stereocenters. The molecule has 3 N–H and O–H groups in total. The van der Waals surface area contributed by atoms with E-state index in [4.69, 9.17) is 10.1 Å². The molecule has 1 aromatic carbocycles.